The third-order valence-electron chi connectivity index (χ3n) is 3.35. The van der Waals surface area contributed by atoms with Crippen LogP contribution in [0, 0.1) is 0 Å². The smallest absolute Gasteiger partial charge is 0.191 e. The summed E-state index contributed by atoms with van der Waals surface area (Å²) in [6.45, 7) is 9.21. The van der Waals surface area contributed by atoms with Crippen LogP contribution < -0.4 is 10.6 Å². The Hall–Kier alpha value is -0.840. The quantitative estimate of drug-likeness (QED) is 0.444. The predicted molar refractivity (Wildman–Crippen MR) is 84.0 cm³/mol. The van der Waals surface area contributed by atoms with Crippen LogP contribution in [0.25, 0.3) is 0 Å². The van der Waals surface area contributed by atoms with Crippen molar-refractivity contribution >= 4 is 16.8 Å². The third kappa shape index (κ3) is 5.76. The molecule has 0 saturated heterocycles. The fraction of sp³-hybridized carbons (Fsp3) is 0.786. The largest absolute Gasteiger partial charge is 0.357 e. The van der Waals surface area contributed by atoms with Gasteiger partial charge in [0.1, 0.15) is 0 Å². The normalized spacial score (nSPS) is 25.7. The zero-order valence-corrected chi connectivity index (χ0v) is 13.0. The molecule has 0 spiro atoms. The highest BCUT2D eigenvalue weighted by molar-refractivity contribution is 7.85. The minimum absolute atomic E-state index is 0.346. The van der Waals surface area contributed by atoms with E-state index in [4.69, 9.17) is 0 Å². The van der Waals surface area contributed by atoms with E-state index in [0.717, 1.165) is 43.9 Å². The monoisotopic (exact) mass is 285 g/mol. The molecule has 1 aliphatic carbocycles. The fourth-order valence-electron chi connectivity index (χ4n) is 2.42. The molecule has 3 unspecified atom stereocenters. The molecule has 1 saturated carbocycles. The molecule has 0 radical (unpaired) electrons. The summed E-state index contributed by atoms with van der Waals surface area (Å²) in [5.41, 5.74) is 0. The molecule has 19 heavy (non-hydrogen) atoms. The molecule has 0 aliphatic heterocycles. The molecule has 0 aromatic carbocycles. The average molecular weight is 285 g/mol. The SMILES string of the molecule is C=CCN=C(NCC)NC1CCCC(S(=O)CC)C1. The summed E-state index contributed by atoms with van der Waals surface area (Å²) < 4.78 is 11.9. The van der Waals surface area contributed by atoms with E-state index in [2.05, 4.69) is 29.1 Å². The number of hydrogen-bond donors (Lipinski definition) is 2. The second-order valence-corrected chi connectivity index (χ2v) is 6.81. The van der Waals surface area contributed by atoms with E-state index in [1.807, 2.05) is 6.92 Å². The summed E-state index contributed by atoms with van der Waals surface area (Å²) in [6, 6.07) is 0.386. The summed E-state index contributed by atoms with van der Waals surface area (Å²) >= 11 is 0. The van der Waals surface area contributed by atoms with Crippen LogP contribution in [0.5, 0.6) is 0 Å². The molecule has 1 fully saturated rings. The van der Waals surface area contributed by atoms with Crippen molar-refractivity contribution in [1.29, 1.82) is 0 Å². The molecule has 0 heterocycles. The van der Waals surface area contributed by atoms with Crippen LogP contribution in [-0.4, -0.2) is 40.3 Å². The topological polar surface area (TPSA) is 53.5 Å². The Morgan fingerprint density at radius 3 is 2.89 bits per heavy atom. The highest BCUT2D eigenvalue weighted by Crippen LogP contribution is 2.22. The van der Waals surface area contributed by atoms with Crippen LogP contribution in [0.15, 0.2) is 17.6 Å². The molecule has 1 aliphatic rings. The van der Waals surface area contributed by atoms with Crippen LogP contribution in [0.3, 0.4) is 0 Å². The fourth-order valence-corrected chi connectivity index (χ4v) is 3.77. The molecule has 0 aromatic heterocycles. The average Bonchev–Trinajstić information content (AvgIpc) is 2.44. The Bertz CT molecular complexity index is 331. The van der Waals surface area contributed by atoms with Gasteiger partial charge in [-0.25, -0.2) is 4.99 Å². The lowest BCUT2D eigenvalue weighted by atomic mass is 9.95. The van der Waals surface area contributed by atoms with Gasteiger partial charge in [0.15, 0.2) is 5.96 Å². The third-order valence-corrected chi connectivity index (χ3v) is 5.09. The summed E-state index contributed by atoms with van der Waals surface area (Å²) in [5, 5.41) is 7.04. The summed E-state index contributed by atoms with van der Waals surface area (Å²) in [6.07, 6.45) is 6.15. The zero-order chi connectivity index (χ0) is 14.1. The van der Waals surface area contributed by atoms with Crippen LogP contribution in [0.2, 0.25) is 0 Å². The van der Waals surface area contributed by atoms with Crippen molar-refractivity contribution in [1.82, 2.24) is 10.6 Å². The molecule has 2 N–H and O–H groups in total. The first-order valence-corrected chi connectivity index (χ1v) is 8.62. The molecule has 0 amide bonds. The Morgan fingerprint density at radius 2 is 2.26 bits per heavy atom. The van der Waals surface area contributed by atoms with E-state index < -0.39 is 10.8 Å². The maximum absolute atomic E-state index is 11.9. The van der Waals surface area contributed by atoms with Gasteiger partial charge in [0.25, 0.3) is 0 Å². The predicted octanol–water partition coefficient (Wildman–Crippen LogP) is 1.81. The van der Waals surface area contributed by atoms with Crippen LogP contribution in [0.4, 0.5) is 0 Å². The minimum Gasteiger partial charge on any atom is -0.357 e. The van der Waals surface area contributed by atoms with Gasteiger partial charge in [-0.15, -0.1) is 6.58 Å². The van der Waals surface area contributed by atoms with Gasteiger partial charge in [-0.1, -0.05) is 19.4 Å². The Labute approximate surface area is 119 Å². The molecule has 0 bridgehead atoms. The van der Waals surface area contributed by atoms with Crippen LogP contribution >= 0.6 is 0 Å². The first-order valence-electron chi connectivity index (χ1n) is 7.24. The number of nitrogens with one attached hydrogen (secondary N) is 2. The number of hydrogen-bond acceptors (Lipinski definition) is 2. The maximum atomic E-state index is 11.9. The Kier molecular flexibility index (Phi) is 7.79. The molecule has 1 rings (SSSR count). The van der Waals surface area contributed by atoms with Gasteiger partial charge in [-0.05, 0) is 26.2 Å². The van der Waals surface area contributed by atoms with Crippen molar-refractivity contribution in [3.8, 4) is 0 Å². The Balaban J connectivity index is 2.53. The van der Waals surface area contributed by atoms with Gasteiger partial charge in [0, 0.05) is 34.4 Å². The molecule has 5 heteroatoms. The van der Waals surface area contributed by atoms with Crippen molar-refractivity contribution in [2.45, 2.75) is 50.8 Å². The summed E-state index contributed by atoms with van der Waals surface area (Å²) in [7, 11) is -0.674. The lowest BCUT2D eigenvalue weighted by Crippen LogP contribution is -2.46. The lowest BCUT2D eigenvalue weighted by Gasteiger charge is -2.30. The van der Waals surface area contributed by atoms with Crippen molar-refractivity contribution < 1.29 is 4.21 Å². The van der Waals surface area contributed by atoms with E-state index in [-0.39, 0.29) is 0 Å². The van der Waals surface area contributed by atoms with Gasteiger partial charge in [0.2, 0.25) is 0 Å². The van der Waals surface area contributed by atoms with Gasteiger partial charge >= 0.3 is 0 Å². The van der Waals surface area contributed by atoms with Crippen molar-refractivity contribution in [2.75, 3.05) is 18.8 Å². The number of aliphatic imine (C=N–C) groups is 1. The number of nitrogens with zero attached hydrogens (tertiary/aromatic N) is 1. The van der Waals surface area contributed by atoms with Crippen LogP contribution in [0.1, 0.15) is 39.5 Å². The van der Waals surface area contributed by atoms with E-state index in [0.29, 0.717) is 17.8 Å². The maximum Gasteiger partial charge on any atom is 0.191 e. The highest BCUT2D eigenvalue weighted by Gasteiger charge is 2.25. The molecular formula is C14H27N3OS. The lowest BCUT2D eigenvalue weighted by molar-refractivity contribution is 0.413. The molecular weight excluding hydrogens is 258 g/mol. The summed E-state index contributed by atoms with van der Waals surface area (Å²) in [5.74, 6) is 1.61. The van der Waals surface area contributed by atoms with Gasteiger partial charge in [-0.3, -0.25) is 4.21 Å². The molecule has 3 atom stereocenters. The van der Waals surface area contributed by atoms with E-state index >= 15 is 0 Å². The zero-order valence-electron chi connectivity index (χ0n) is 12.2. The second-order valence-electron chi connectivity index (χ2n) is 4.81. The van der Waals surface area contributed by atoms with E-state index in [1.165, 1.54) is 0 Å². The minimum atomic E-state index is -0.674. The van der Waals surface area contributed by atoms with E-state index in [1.54, 1.807) is 6.08 Å². The number of guanidine groups is 1. The second kappa shape index (κ2) is 9.13. The highest BCUT2D eigenvalue weighted by atomic mass is 32.2. The first kappa shape index (κ1) is 16.2. The van der Waals surface area contributed by atoms with Crippen molar-refractivity contribution in [2.24, 2.45) is 4.99 Å². The molecule has 0 aromatic rings. The first-order chi connectivity index (χ1) is 9.21. The van der Waals surface area contributed by atoms with Crippen LogP contribution in [-0.2, 0) is 10.8 Å². The summed E-state index contributed by atoms with van der Waals surface area (Å²) in [4.78, 5) is 4.42. The van der Waals surface area contributed by atoms with E-state index in [9.17, 15) is 4.21 Å². The van der Waals surface area contributed by atoms with Gasteiger partial charge in [-0.2, -0.15) is 0 Å². The number of rotatable bonds is 6. The van der Waals surface area contributed by atoms with Crippen molar-refractivity contribution in [3.63, 3.8) is 0 Å². The van der Waals surface area contributed by atoms with Gasteiger partial charge < -0.3 is 10.6 Å². The van der Waals surface area contributed by atoms with Gasteiger partial charge in [0.05, 0.1) is 6.54 Å². The van der Waals surface area contributed by atoms with Crippen molar-refractivity contribution in [3.05, 3.63) is 12.7 Å². The Morgan fingerprint density at radius 1 is 1.47 bits per heavy atom. The standard InChI is InChI=1S/C14H27N3OS/c1-4-10-16-14(15-5-2)17-12-8-7-9-13(11-12)19(18)6-3/h4,12-13H,1,5-11H2,2-3H3,(H2,15,16,17). The molecule has 4 nitrogen and oxygen atoms in total. The molecule has 110 valence electrons.